The number of nitrogens with zero attached hydrogens (tertiary/aromatic N) is 1. The second-order valence-corrected chi connectivity index (χ2v) is 11.6. The van der Waals surface area contributed by atoms with Gasteiger partial charge in [-0.05, 0) is 85.1 Å². The number of nitrogens with one attached hydrogen (secondary N) is 2. The van der Waals surface area contributed by atoms with Crippen LogP contribution in [0.2, 0.25) is 0 Å². The van der Waals surface area contributed by atoms with Crippen LogP contribution in [0.1, 0.15) is 33.5 Å². The lowest BCUT2D eigenvalue weighted by molar-refractivity contribution is -0.121. The van der Waals surface area contributed by atoms with Crippen molar-refractivity contribution in [1.82, 2.24) is 5.32 Å². The number of hydrogen-bond donors (Lipinski definition) is 2. The lowest BCUT2D eigenvalue weighted by atomic mass is 10.1. The number of carbonyl (C=O) groups excluding carboxylic acids is 4. The molecule has 222 valence electrons. The van der Waals surface area contributed by atoms with Gasteiger partial charge in [-0.1, -0.05) is 48.5 Å². The standard InChI is InChI=1S/C35H31N3O5S/c1-22-12-13-23(2)30(18-22)38-32(39)21-31(35(38)42)44-28-11-7-10-26(20-28)36-34(41)29(19-24-14-16-27(43-3)17-15-24)37-33(40)25-8-5-4-6-9-25/h4-20,31H,21H2,1-3H3,(H,36,41)(H,37,40)/b29-19-/t31-/m1/s1. The van der Waals surface area contributed by atoms with Crippen LogP contribution in [-0.4, -0.2) is 36.0 Å². The third-order valence-electron chi connectivity index (χ3n) is 7.04. The van der Waals surface area contributed by atoms with Crippen LogP contribution in [0.3, 0.4) is 0 Å². The van der Waals surface area contributed by atoms with E-state index in [0.29, 0.717) is 33.1 Å². The number of anilines is 2. The van der Waals surface area contributed by atoms with Crippen molar-refractivity contribution >= 4 is 52.8 Å². The van der Waals surface area contributed by atoms with Gasteiger partial charge in [0.25, 0.3) is 11.8 Å². The molecule has 1 atom stereocenters. The van der Waals surface area contributed by atoms with Gasteiger partial charge in [-0.15, -0.1) is 11.8 Å². The summed E-state index contributed by atoms with van der Waals surface area (Å²) in [6, 6.07) is 28.4. The fraction of sp³-hybridized carbons (Fsp3) is 0.143. The second kappa shape index (κ2) is 13.4. The molecule has 1 heterocycles. The molecular weight excluding hydrogens is 574 g/mol. The van der Waals surface area contributed by atoms with Crippen molar-refractivity contribution in [2.45, 2.75) is 30.4 Å². The number of amides is 4. The Hall–Kier alpha value is -5.15. The molecule has 0 bridgehead atoms. The third kappa shape index (κ3) is 7.07. The molecule has 0 unspecified atom stereocenters. The van der Waals surface area contributed by atoms with Gasteiger partial charge in [0.1, 0.15) is 11.4 Å². The first-order valence-electron chi connectivity index (χ1n) is 14.0. The number of carbonyl (C=O) groups is 4. The Morgan fingerprint density at radius 2 is 1.66 bits per heavy atom. The maximum Gasteiger partial charge on any atom is 0.272 e. The summed E-state index contributed by atoms with van der Waals surface area (Å²) in [5.41, 5.74) is 4.03. The molecule has 2 N–H and O–H groups in total. The minimum absolute atomic E-state index is 0.0443. The van der Waals surface area contributed by atoms with Gasteiger partial charge in [-0.3, -0.25) is 19.2 Å². The molecule has 4 aromatic carbocycles. The molecule has 5 rings (SSSR count). The van der Waals surface area contributed by atoms with E-state index in [1.54, 1.807) is 86.0 Å². The van der Waals surface area contributed by atoms with Crippen LogP contribution in [0.25, 0.3) is 6.08 Å². The largest absolute Gasteiger partial charge is 0.497 e. The molecule has 4 amide bonds. The zero-order chi connectivity index (χ0) is 31.2. The molecule has 9 heteroatoms. The fourth-order valence-electron chi connectivity index (χ4n) is 4.73. The lowest BCUT2D eigenvalue weighted by Crippen LogP contribution is -2.31. The molecule has 1 aliphatic rings. The van der Waals surface area contributed by atoms with Crippen molar-refractivity contribution in [3.05, 3.63) is 125 Å². The van der Waals surface area contributed by atoms with Crippen molar-refractivity contribution in [2.24, 2.45) is 0 Å². The van der Waals surface area contributed by atoms with Crippen LogP contribution >= 0.6 is 11.8 Å². The monoisotopic (exact) mass is 605 g/mol. The molecule has 1 fully saturated rings. The highest BCUT2D eigenvalue weighted by Crippen LogP contribution is 2.36. The van der Waals surface area contributed by atoms with E-state index in [4.69, 9.17) is 4.74 Å². The first-order chi connectivity index (χ1) is 21.2. The predicted molar refractivity (Wildman–Crippen MR) is 173 cm³/mol. The zero-order valence-corrected chi connectivity index (χ0v) is 25.3. The number of hydrogen-bond acceptors (Lipinski definition) is 6. The third-order valence-corrected chi connectivity index (χ3v) is 8.22. The molecule has 0 aliphatic carbocycles. The molecule has 44 heavy (non-hydrogen) atoms. The van der Waals surface area contributed by atoms with Gasteiger partial charge in [-0.25, -0.2) is 4.90 Å². The Morgan fingerprint density at radius 3 is 2.39 bits per heavy atom. The molecule has 8 nitrogen and oxygen atoms in total. The summed E-state index contributed by atoms with van der Waals surface area (Å²) in [6.07, 6.45) is 1.66. The van der Waals surface area contributed by atoms with Crippen LogP contribution in [0.5, 0.6) is 5.75 Å². The highest BCUT2D eigenvalue weighted by atomic mass is 32.2. The predicted octanol–water partition coefficient (Wildman–Crippen LogP) is 6.15. The van der Waals surface area contributed by atoms with Crippen LogP contribution in [-0.2, 0) is 14.4 Å². The summed E-state index contributed by atoms with van der Waals surface area (Å²) in [6.45, 7) is 3.80. The topological polar surface area (TPSA) is 105 Å². The molecule has 1 aliphatic heterocycles. The van der Waals surface area contributed by atoms with E-state index in [9.17, 15) is 19.2 Å². The highest BCUT2D eigenvalue weighted by Gasteiger charge is 2.40. The highest BCUT2D eigenvalue weighted by molar-refractivity contribution is 8.00. The van der Waals surface area contributed by atoms with Crippen LogP contribution in [0.4, 0.5) is 11.4 Å². The summed E-state index contributed by atoms with van der Waals surface area (Å²) in [4.78, 5) is 54.7. The van der Waals surface area contributed by atoms with Gasteiger partial charge < -0.3 is 15.4 Å². The summed E-state index contributed by atoms with van der Waals surface area (Å²) >= 11 is 1.28. The molecular formula is C35H31N3O5S. The fourth-order valence-corrected chi connectivity index (χ4v) is 5.84. The molecule has 0 saturated carbocycles. The molecule has 0 spiro atoms. The van der Waals surface area contributed by atoms with Crippen molar-refractivity contribution in [3.63, 3.8) is 0 Å². The average Bonchev–Trinajstić information content (AvgIpc) is 3.30. The lowest BCUT2D eigenvalue weighted by Gasteiger charge is -2.18. The van der Waals surface area contributed by atoms with Crippen molar-refractivity contribution in [1.29, 1.82) is 0 Å². The molecule has 1 saturated heterocycles. The van der Waals surface area contributed by atoms with Gasteiger partial charge in [-0.2, -0.15) is 0 Å². The normalized spacial score (nSPS) is 14.8. The smallest absolute Gasteiger partial charge is 0.272 e. The van der Waals surface area contributed by atoms with Gasteiger partial charge in [0, 0.05) is 22.6 Å². The van der Waals surface area contributed by atoms with Crippen molar-refractivity contribution in [2.75, 3.05) is 17.3 Å². The number of rotatable bonds is 9. The number of ether oxygens (including phenoxy) is 1. The molecule has 0 radical (unpaired) electrons. The van der Waals surface area contributed by atoms with Crippen molar-refractivity contribution in [3.8, 4) is 5.75 Å². The van der Waals surface area contributed by atoms with Gasteiger partial charge in [0.05, 0.1) is 18.0 Å². The van der Waals surface area contributed by atoms with E-state index in [1.807, 2.05) is 38.1 Å². The maximum absolute atomic E-state index is 13.5. The Morgan fingerprint density at radius 1 is 0.909 bits per heavy atom. The van der Waals surface area contributed by atoms with Crippen molar-refractivity contribution < 1.29 is 23.9 Å². The summed E-state index contributed by atoms with van der Waals surface area (Å²) in [7, 11) is 1.57. The van der Waals surface area contributed by atoms with E-state index < -0.39 is 17.1 Å². The molecule has 4 aromatic rings. The number of thioether (sulfide) groups is 1. The number of aryl methyl sites for hydroxylation is 2. The van der Waals surface area contributed by atoms with Gasteiger partial charge in [0.2, 0.25) is 11.8 Å². The van der Waals surface area contributed by atoms with E-state index in [0.717, 1.165) is 11.1 Å². The Labute approximate surface area is 260 Å². The Balaban J connectivity index is 1.33. The van der Waals surface area contributed by atoms with E-state index >= 15 is 0 Å². The maximum atomic E-state index is 13.5. The van der Waals surface area contributed by atoms with Crippen LogP contribution in [0.15, 0.2) is 108 Å². The molecule has 0 aromatic heterocycles. The quantitative estimate of drug-likeness (QED) is 0.175. The SMILES string of the molecule is COc1ccc(/C=C(\NC(=O)c2ccccc2)C(=O)Nc2cccc(S[C@@H]3CC(=O)N(c4cc(C)ccc4C)C3=O)c2)cc1. The minimum atomic E-state index is -0.593. The second-order valence-electron chi connectivity index (χ2n) is 10.3. The summed E-state index contributed by atoms with van der Waals surface area (Å²) < 4.78 is 5.22. The minimum Gasteiger partial charge on any atom is -0.497 e. The van der Waals surface area contributed by atoms with E-state index in [1.165, 1.54) is 16.7 Å². The number of methoxy groups -OCH3 is 1. The van der Waals surface area contributed by atoms with Gasteiger partial charge >= 0.3 is 0 Å². The van der Waals surface area contributed by atoms with Crippen LogP contribution in [0, 0.1) is 13.8 Å². The van der Waals surface area contributed by atoms with E-state index in [2.05, 4.69) is 10.6 Å². The first-order valence-corrected chi connectivity index (χ1v) is 14.8. The first kappa shape index (κ1) is 30.3. The van der Waals surface area contributed by atoms with Crippen LogP contribution < -0.4 is 20.3 Å². The van der Waals surface area contributed by atoms with E-state index in [-0.39, 0.29) is 23.9 Å². The zero-order valence-electron chi connectivity index (χ0n) is 24.5. The Kier molecular flexibility index (Phi) is 9.26. The summed E-state index contributed by atoms with van der Waals surface area (Å²) in [5, 5.41) is 4.99. The van der Waals surface area contributed by atoms with Gasteiger partial charge in [0.15, 0.2) is 0 Å². The number of imide groups is 1. The number of benzene rings is 4. The average molecular weight is 606 g/mol. The Bertz CT molecular complexity index is 1750. The summed E-state index contributed by atoms with van der Waals surface area (Å²) in [5.74, 6) is -0.803.